The van der Waals surface area contributed by atoms with Crippen LogP contribution in [-0.4, -0.2) is 10.1 Å². The Kier molecular flexibility index (Phi) is 4.15. The van der Waals surface area contributed by atoms with Crippen LogP contribution in [0.25, 0.3) is 0 Å². The van der Waals surface area contributed by atoms with Crippen LogP contribution in [0.5, 0.6) is 0 Å². The second-order valence-electron chi connectivity index (χ2n) is 3.75. The van der Waals surface area contributed by atoms with Crippen LogP contribution in [-0.2, 0) is 6.42 Å². The van der Waals surface area contributed by atoms with Crippen LogP contribution in [0.1, 0.15) is 17.4 Å². The second-order valence-corrected chi connectivity index (χ2v) is 5.10. The van der Waals surface area contributed by atoms with Gasteiger partial charge in [-0.3, -0.25) is 4.98 Å². The minimum absolute atomic E-state index is 0.536. The number of aliphatic hydroxyl groups is 1. The topological polar surface area (TPSA) is 33.1 Å². The quantitative estimate of drug-likeness (QED) is 0.936. The first-order valence-electron chi connectivity index (χ1n) is 5.19. The molecule has 0 saturated carbocycles. The molecule has 1 unspecified atom stereocenters. The van der Waals surface area contributed by atoms with Crippen molar-refractivity contribution >= 4 is 27.5 Å². The van der Waals surface area contributed by atoms with E-state index in [9.17, 15) is 5.11 Å². The number of aromatic nitrogens is 1. The normalized spacial score (nSPS) is 12.4. The van der Waals surface area contributed by atoms with E-state index >= 15 is 0 Å². The van der Waals surface area contributed by atoms with E-state index in [1.54, 1.807) is 18.3 Å². The predicted molar refractivity (Wildman–Crippen MR) is 72.1 cm³/mol. The van der Waals surface area contributed by atoms with Gasteiger partial charge in [0.2, 0.25) is 0 Å². The van der Waals surface area contributed by atoms with Gasteiger partial charge in [-0.25, -0.2) is 0 Å². The smallest absolute Gasteiger partial charge is 0.0999 e. The second kappa shape index (κ2) is 5.63. The Morgan fingerprint density at radius 3 is 2.76 bits per heavy atom. The van der Waals surface area contributed by atoms with Crippen molar-refractivity contribution in [1.82, 2.24) is 4.98 Å². The summed E-state index contributed by atoms with van der Waals surface area (Å²) >= 11 is 9.15. The highest BCUT2D eigenvalue weighted by atomic mass is 79.9. The van der Waals surface area contributed by atoms with Crippen LogP contribution in [0, 0.1) is 0 Å². The third-order valence-corrected chi connectivity index (χ3v) is 3.13. The molecule has 0 aliphatic carbocycles. The summed E-state index contributed by atoms with van der Waals surface area (Å²) in [5, 5.41) is 10.6. The number of halogens is 2. The molecule has 0 fully saturated rings. The Morgan fingerprint density at radius 1 is 1.29 bits per heavy atom. The summed E-state index contributed by atoms with van der Waals surface area (Å²) in [6.45, 7) is 0. The van der Waals surface area contributed by atoms with Gasteiger partial charge in [-0.1, -0.05) is 39.7 Å². The highest BCUT2D eigenvalue weighted by molar-refractivity contribution is 9.10. The molecular weight excluding hydrogens is 302 g/mol. The number of nitrogens with zero attached hydrogens (tertiary/aromatic N) is 1. The molecular formula is C13H11BrClNO. The van der Waals surface area contributed by atoms with Crippen LogP contribution in [0.15, 0.2) is 47.1 Å². The molecule has 4 heteroatoms. The molecule has 0 aliphatic heterocycles. The number of aliphatic hydroxyl groups excluding tert-OH is 1. The molecule has 17 heavy (non-hydrogen) atoms. The van der Waals surface area contributed by atoms with Gasteiger partial charge in [0, 0.05) is 17.1 Å². The Balaban J connectivity index is 2.11. The van der Waals surface area contributed by atoms with Crippen molar-refractivity contribution in [3.8, 4) is 0 Å². The van der Waals surface area contributed by atoms with Crippen molar-refractivity contribution in [3.63, 3.8) is 0 Å². The third kappa shape index (κ3) is 3.53. The number of hydrogen-bond acceptors (Lipinski definition) is 2. The van der Waals surface area contributed by atoms with Crippen molar-refractivity contribution in [2.75, 3.05) is 0 Å². The maximum Gasteiger partial charge on any atom is 0.0999 e. The summed E-state index contributed by atoms with van der Waals surface area (Å²) in [5.74, 6) is 0. The summed E-state index contributed by atoms with van der Waals surface area (Å²) in [6.07, 6.45) is 1.47. The fourth-order valence-electron chi connectivity index (χ4n) is 1.58. The fourth-order valence-corrected chi connectivity index (χ4v) is 2.13. The third-order valence-electron chi connectivity index (χ3n) is 2.41. The number of benzene rings is 1. The van der Waals surface area contributed by atoms with Crippen LogP contribution in [0.4, 0.5) is 0 Å². The largest absolute Gasteiger partial charge is 0.386 e. The molecule has 0 amide bonds. The van der Waals surface area contributed by atoms with Gasteiger partial charge in [-0.05, 0) is 29.8 Å². The first kappa shape index (κ1) is 12.6. The number of pyridine rings is 1. The molecule has 2 nitrogen and oxygen atoms in total. The van der Waals surface area contributed by atoms with Gasteiger partial charge in [0.15, 0.2) is 0 Å². The van der Waals surface area contributed by atoms with E-state index in [2.05, 4.69) is 20.9 Å². The Labute approximate surface area is 113 Å². The van der Waals surface area contributed by atoms with E-state index in [1.807, 2.05) is 24.3 Å². The molecule has 2 rings (SSSR count). The van der Waals surface area contributed by atoms with Gasteiger partial charge in [0.1, 0.15) is 0 Å². The van der Waals surface area contributed by atoms with E-state index in [1.165, 1.54) is 0 Å². The summed E-state index contributed by atoms with van der Waals surface area (Å²) in [7, 11) is 0. The predicted octanol–water partition coefficient (Wildman–Crippen LogP) is 3.77. The molecule has 1 aromatic carbocycles. The van der Waals surface area contributed by atoms with Gasteiger partial charge >= 0.3 is 0 Å². The molecule has 0 aliphatic rings. The zero-order valence-electron chi connectivity index (χ0n) is 8.98. The van der Waals surface area contributed by atoms with E-state index in [0.29, 0.717) is 17.1 Å². The van der Waals surface area contributed by atoms with Gasteiger partial charge < -0.3 is 5.11 Å². The number of rotatable bonds is 3. The Morgan fingerprint density at radius 2 is 2.12 bits per heavy atom. The van der Waals surface area contributed by atoms with Crippen molar-refractivity contribution in [2.24, 2.45) is 0 Å². The van der Waals surface area contributed by atoms with E-state index < -0.39 is 6.10 Å². The van der Waals surface area contributed by atoms with E-state index in [4.69, 9.17) is 11.6 Å². The van der Waals surface area contributed by atoms with Crippen molar-refractivity contribution in [3.05, 3.63) is 63.3 Å². The summed E-state index contributed by atoms with van der Waals surface area (Å²) in [4.78, 5) is 4.10. The van der Waals surface area contributed by atoms with Crippen LogP contribution < -0.4 is 0 Å². The minimum Gasteiger partial charge on any atom is -0.386 e. The average molecular weight is 313 g/mol. The summed E-state index contributed by atoms with van der Waals surface area (Å²) < 4.78 is 1.01. The van der Waals surface area contributed by atoms with Gasteiger partial charge in [-0.2, -0.15) is 0 Å². The fraction of sp³-hybridized carbons (Fsp3) is 0.154. The Bertz CT molecular complexity index is 501. The molecule has 1 heterocycles. The highest BCUT2D eigenvalue weighted by Crippen LogP contribution is 2.20. The van der Waals surface area contributed by atoms with Gasteiger partial charge in [0.05, 0.1) is 16.8 Å². The average Bonchev–Trinajstić information content (AvgIpc) is 2.29. The van der Waals surface area contributed by atoms with Crippen LogP contribution >= 0.6 is 27.5 Å². The van der Waals surface area contributed by atoms with Crippen molar-refractivity contribution in [1.29, 1.82) is 0 Å². The standard InChI is InChI=1S/C13H11BrClNO/c14-10-3-1-2-9(6-10)7-13(17)12-5-4-11(15)8-16-12/h1-6,8,13,17H,7H2. The zero-order valence-corrected chi connectivity index (χ0v) is 11.3. The van der Waals surface area contributed by atoms with E-state index in [-0.39, 0.29) is 0 Å². The summed E-state index contributed by atoms with van der Waals surface area (Å²) in [6, 6.07) is 11.3. The lowest BCUT2D eigenvalue weighted by atomic mass is 10.1. The van der Waals surface area contributed by atoms with Gasteiger partial charge in [0.25, 0.3) is 0 Å². The first-order chi connectivity index (χ1) is 8.15. The van der Waals surface area contributed by atoms with Gasteiger partial charge in [-0.15, -0.1) is 0 Å². The minimum atomic E-state index is -0.610. The molecule has 0 spiro atoms. The lowest BCUT2D eigenvalue weighted by Crippen LogP contribution is -2.03. The molecule has 0 bridgehead atoms. The lowest BCUT2D eigenvalue weighted by Gasteiger charge is -2.10. The SMILES string of the molecule is OC(Cc1cccc(Br)c1)c1ccc(Cl)cn1. The summed E-state index contributed by atoms with van der Waals surface area (Å²) in [5.41, 5.74) is 1.69. The molecule has 0 radical (unpaired) electrons. The number of hydrogen-bond donors (Lipinski definition) is 1. The zero-order chi connectivity index (χ0) is 12.3. The van der Waals surface area contributed by atoms with Crippen molar-refractivity contribution in [2.45, 2.75) is 12.5 Å². The molecule has 1 N–H and O–H groups in total. The first-order valence-corrected chi connectivity index (χ1v) is 6.36. The molecule has 88 valence electrons. The highest BCUT2D eigenvalue weighted by Gasteiger charge is 2.10. The van der Waals surface area contributed by atoms with Crippen LogP contribution in [0.2, 0.25) is 5.02 Å². The molecule has 0 saturated heterocycles. The monoisotopic (exact) mass is 311 g/mol. The maximum atomic E-state index is 10.0. The Hall–Kier alpha value is -0.900. The maximum absolute atomic E-state index is 10.0. The molecule has 1 aromatic heterocycles. The molecule has 1 atom stereocenters. The van der Waals surface area contributed by atoms with Crippen molar-refractivity contribution < 1.29 is 5.11 Å². The molecule has 2 aromatic rings. The van der Waals surface area contributed by atoms with Crippen LogP contribution in [0.3, 0.4) is 0 Å². The lowest BCUT2D eigenvalue weighted by molar-refractivity contribution is 0.173. The van der Waals surface area contributed by atoms with E-state index in [0.717, 1.165) is 10.0 Å².